The molecule has 1 fully saturated rings. The summed E-state index contributed by atoms with van der Waals surface area (Å²) in [4.78, 5) is 0.707. The lowest BCUT2D eigenvalue weighted by molar-refractivity contribution is -0.0106. The van der Waals surface area contributed by atoms with Gasteiger partial charge in [-0.3, -0.25) is 4.21 Å². The molecule has 0 saturated carbocycles. The summed E-state index contributed by atoms with van der Waals surface area (Å²) in [7, 11) is -1.05. The highest BCUT2D eigenvalue weighted by atomic mass is 32.2. The van der Waals surface area contributed by atoms with Crippen molar-refractivity contribution in [2.75, 3.05) is 32.5 Å². The van der Waals surface area contributed by atoms with Gasteiger partial charge in [-0.2, -0.15) is 0 Å². The Morgan fingerprint density at radius 2 is 2.17 bits per heavy atom. The van der Waals surface area contributed by atoms with E-state index in [1.807, 2.05) is 0 Å². The van der Waals surface area contributed by atoms with Crippen LogP contribution in [0.4, 0.5) is 0 Å². The summed E-state index contributed by atoms with van der Waals surface area (Å²) >= 11 is 0. The van der Waals surface area contributed by atoms with Crippen molar-refractivity contribution in [3.8, 4) is 11.5 Å². The van der Waals surface area contributed by atoms with E-state index in [2.05, 4.69) is 10.6 Å². The van der Waals surface area contributed by atoms with Crippen LogP contribution < -0.4 is 20.1 Å². The molecule has 0 amide bonds. The fraction of sp³-hybridized carbons (Fsp3) is 0.625. The molecule has 3 atom stereocenters. The SMILES string of the molecule is CS(=O)c1ccc2c(c1)OCC(C(O)CNC1CCNCC1)O2. The lowest BCUT2D eigenvalue weighted by Gasteiger charge is -2.31. The molecule has 0 aromatic heterocycles. The predicted octanol–water partition coefficient (Wildman–Crippen LogP) is 0.266. The van der Waals surface area contributed by atoms with Gasteiger partial charge >= 0.3 is 0 Å². The Kier molecular flexibility index (Phi) is 5.53. The van der Waals surface area contributed by atoms with E-state index >= 15 is 0 Å². The molecule has 3 N–H and O–H groups in total. The van der Waals surface area contributed by atoms with Gasteiger partial charge in [-0.1, -0.05) is 0 Å². The van der Waals surface area contributed by atoms with Crippen molar-refractivity contribution in [1.29, 1.82) is 0 Å². The first-order chi connectivity index (χ1) is 11.1. The average molecular weight is 340 g/mol. The number of nitrogens with one attached hydrogen (secondary N) is 2. The highest BCUT2D eigenvalue weighted by Gasteiger charge is 2.28. The summed E-state index contributed by atoms with van der Waals surface area (Å²) in [5, 5.41) is 17.1. The number of fused-ring (bicyclic) bond motifs is 1. The minimum atomic E-state index is -1.05. The Bertz CT molecular complexity index is 563. The second kappa shape index (κ2) is 7.61. The van der Waals surface area contributed by atoms with Gasteiger partial charge in [0, 0.05) is 40.6 Å². The lowest BCUT2D eigenvalue weighted by Crippen LogP contribution is -2.48. The highest BCUT2D eigenvalue weighted by Crippen LogP contribution is 2.33. The number of ether oxygens (including phenoxy) is 2. The summed E-state index contributed by atoms with van der Waals surface area (Å²) in [5.41, 5.74) is 0. The lowest BCUT2D eigenvalue weighted by atomic mass is 10.1. The van der Waals surface area contributed by atoms with Gasteiger partial charge in [-0.15, -0.1) is 0 Å². The van der Waals surface area contributed by atoms with E-state index in [1.165, 1.54) is 0 Å². The molecule has 0 radical (unpaired) electrons. The number of hydrogen-bond donors (Lipinski definition) is 3. The average Bonchev–Trinajstić information content (AvgIpc) is 2.59. The van der Waals surface area contributed by atoms with Crippen molar-refractivity contribution >= 4 is 10.8 Å². The summed E-state index contributed by atoms with van der Waals surface area (Å²) < 4.78 is 23.0. The molecule has 3 rings (SSSR count). The van der Waals surface area contributed by atoms with Crippen molar-refractivity contribution in [1.82, 2.24) is 10.6 Å². The summed E-state index contributed by atoms with van der Waals surface area (Å²) in [6, 6.07) is 5.71. The van der Waals surface area contributed by atoms with E-state index in [0.717, 1.165) is 25.9 Å². The molecule has 1 aromatic carbocycles. The quantitative estimate of drug-likeness (QED) is 0.714. The Hall–Kier alpha value is -1.15. The number of rotatable bonds is 5. The van der Waals surface area contributed by atoms with E-state index in [1.54, 1.807) is 24.5 Å². The summed E-state index contributed by atoms with van der Waals surface area (Å²) in [6.07, 6.45) is 2.76. The fourth-order valence-corrected chi connectivity index (χ4v) is 3.41. The van der Waals surface area contributed by atoms with Gasteiger partial charge in [0.1, 0.15) is 12.7 Å². The standard InChI is InChI=1S/C16H24N2O4S/c1-23(20)12-2-3-14-15(8-12)21-10-16(22-14)13(19)9-18-11-4-6-17-7-5-11/h2-3,8,11,13,16-19H,4-7,9-10H2,1H3. The second-order valence-corrected chi connectivity index (χ2v) is 7.41. The Balaban J connectivity index is 1.54. The zero-order chi connectivity index (χ0) is 16.2. The van der Waals surface area contributed by atoms with Crippen molar-refractivity contribution in [2.24, 2.45) is 0 Å². The molecule has 0 aliphatic carbocycles. The third kappa shape index (κ3) is 4.23. The molecule has 3 unspecified atom stereocenters. The third-order valence-corrected chi connectivity index (χ3v) is 5.23. The molecule has 128 valence electrons. The first-order valence-electron chi connectivity index (χ1n) is 8.02. The molecule has 0 spiro atoms. The Morgan fingerprint density at radius 3 is 2.91 bits per heavy atom. The van der Waals surface area contributed by atoms with Gasteiger partial charge in [-0.25, -0.2) is 0 Å². The molecule has 2 aliphatic heterocycles. The van der Waals surface area contributed by atoms with Crippen molar-refractivity contribution < 1.29 is 18.8 Å². The minimum absolute atomic E-state index is 0.294. The largest absolute Gasteiger partial charge is 0.486 e. The molecular formula is C16H24N2O4S. The zero-order valence-electron chi connectivity index (χ0n) is 13.3. The molecule has 1 aromatic rings. The fourth-order valence-electron chi connectivity index (χ4n) is 2.88. The molecule has 1 saturated heterocycles. The normalized spacial score (nSPS) is 24.2. The maximum atomic E-state index is 11.5. The number of hydrogen-bond acceptors (Lipinski definition) is 6. The van der Waals surface area contributed by atoms with Crippen LogP contribution in [0.1, 0.15) is 12.8 Å². The van der Waals surface area contributed by atoms with E-state index in [-0.39, 0.29) is 0 Å². The van der Waals surface area contributed by atoms with E-state index in [4.69, 9.17) is 9.47 Å². The smallest absolute Gasteiger partial charge is 0.162 e. The van der Waals surface area contributed by atoms with Gasteiger partial charge in [0.05, 0.1) is 0 Å². The maximum Gasteiger partial charge on any atom is 0.162 e. The van der Waals surface area contributed by atoms with Crippen LogP contribution in [0.5, 0.6) is 11.5 Å². The van der Waals surface area contributed by atoms with Crippen molar-refractivity contribution in [2.45, 2.75) is 36.0 Å². The van der Waals surface area contributed by atoms with E-state index < -0.39 is 23.0 Å². The van der Waals surface area contributed by atoms with Crippen LogP contribution in [0.3, 0.4) is 0 Å². The van der Waals surface area contributed by atoms with Gasteiger partial charge < -0.3 is 25.2 Å². The number of benzene rings is 1. The molecule has 0 bridgehead atoms. The van der Waals surface area contributed by atoms with Crippen molar-refractivity contribution in [3.05, 3.63) is 18.2 Å². The molecular weight excluding hydrogens is 316 g/mol. The van der Waals surface area contributed by atoms with Gasteiger partial charge in [0.15, 0.2) is 17.6 Å². The van der Waals surface area contributed by atoms with Crippen LogP contribution in [-0.2, 0) is 10.8 Å². The third-order valence-electron chi connectivity index (χ3n) is 4.31. The van der Waals surface area contributed by atoms with Crippen LogP contribution in [0, 0.1) is 0 Å². The zero-order valence-corrected chi connectivity index (χ0v) is 14.1. The second-order valence-electron chi connectivity index (χ2n) is 6.03. The van der Waals surface area contributed by atoms with E-state index in [0.29, 0.717) is 35.6 Å². The maximum absolute atomic E-state index is 11.5. The Morgan fingerprint density at radius 1 is 1.39 bits per heavy atom. The van der Waals surface area contributed by atoms with Gasteiger partial charge in [0.25, 0.3) is 0 Å². The van der Waals surface area contributed by atoms with Crippen LogP contribution in [-0.4, -0.2) is 60.1 Å². The monoisotopic (exact) mass is 340 g/mol. The number of aliphatic hydroxyl groups excluding tert-OH is 1. The van der Waals surface area contributed by atoms with Crippen LogP contribution in [0.2, 0.25) is 0 Å². The molecule has 7 heteroatoms. The molecule has 2 heterocycles. The summed E-state index contributed by atoms with van der Waals surface area (Å²) in [5.74, 6) is 1.18. The molecule has 23 heavy (non-hydrogen) atoms. The first-order valence-corrected chi connectivity index (χ1v) is 9.58. The van der Waals surface area contributed by atoms with Crippen LogP contribution in [0.15, 0.2) is 23.1 Å². The number of piperidine rings is 1. The van der Waals surface area contributed by atoms with Crippen LogP contribution in [0.25, 0.3) is 0 Å². The molecule has 2 aliphatic rings. The van der Waals surface area contributed by atoms with E-state index in [9.17, 15) is 9.32 Å². The highest BCUT2D eigenvalue weighted by molar-refractivity contribution is 7.84. The Labute approximate surface area is 139 Å². The summed E-state index contributed by atoms with van der Waals surface area (Å²) in [6.45, 7) is 2.82. The van der Waals surface area contributed by atoms with Gasteiger partial charge in [0.2, 0.25) is 0 Å². The first kappa shape index (κ1) is 16.7. The molecule has 6 nitrogen and oxygen atoms in total. The minimum Gasteiger partial charge on any atom is -0.486 e. The van der Waals surface area contributed by atoms with Gasteiger partial charge in [-0.05, 0) is 38.1 Å². The van der Waals surface area contributed by atoms with Crippen LogP contribution >= 0.6 is 0 Å². The van der Waals surface area contributed by atoms with Crippen molar-refractivity contribution in [3.63, 3.8) is 0 Å². The predicted molar refractivity (Wildman–Crippen MR) is 88.6 cm³/mol. The number of aliphatic hydroxyl groups is 1. The topological polar surface area (TPSA) is 79.8 Å².